The number of fused-ring (bicyclic) bond motifs is 2. The Bertz CT molecular complexity index is 1890. The Hall–Kier alpha value is -5.25. The van der Waals surface area contributed by atoms with E-state index in [4.69, 9.17) is 4.98 Å². The summed E-state index contributed by atoms with van der Waals surface area (Å²) in [4.78, 5) is 22.7. The SMILES string of the molecule is Cn1cc(-c2cc(-c3ccc(N4C[C@@H]5[C@@H](CNC(=O)c6ccnc(C(F)(F)F)c6)[C@@H]5C4)nc3)c3c(C#N)cnn3c2)cn1. The van der Waals surface area contributed by atoms with E-state index in [9.17, 15) is 23.2 Å². The third-order valence-corrected chi connectivity index (χ3v) is 8.34. The van der Waals surface area contributed by atoms with Crippen LogP contribution in [0.4, 0.5) is 19.0 Å². The first-order valence-corrected chi connectivity index (χ1v) is 13.6. The van der Waals surface area contributed by atoms with E-state index in [1.807, 2.05) is 37.6 Å². The molecule has 1 aliphatic carbocycles. The fourth-order valence-corrected chi connectivity index (χ4v) is 6.06. The molecule has 7 rings (SSSR count). The number of hydrogen-bond acceptors (Lipinski definition) is 7. The lowest BCUT2D eigenvalue weighted by molar-refractivity contribution is -0.141. The molecular formula is C30H24F3N9O. The standard InChI is InChI=1S/C30H24F3N9O/c1-40-13-21(11-38-40)19-6-22(28-20(8-34)10-39-42(28)14-19)18-2-3-27(36-9-18)41-15-24-23(25(24)16-41)12-37-29(43)17-4-5-35-26(7-17)30(31,32)33/h2-7,9-11,13-14,23-25H,12,15-16H2,1H3,(H,37,43)/t23-,24-,25+. The second-order valence-electron chi connectivity index (χ2n) is 10.9. The van der Waals surface area contributed by atoms with Crippen LogP contribution in [0.2, 0.25) is 0 Å². The Labute approximate surface area is 243 Å². The van der Waals surface area contributed by atoms with Gasteiger partial charge in [-0.15, -0.1) is 0 Å². The van der Waals surface area contributed by atoms with Crippen molar-refractivity contribution in [2.75, 3.05) is 24.5 Å². The summed E-state index contributed by atoms with van der Waals surface area (Å²) in [6.45, 7) is 1.98. The summed E-state index contributed by atoms with van der Waals surface area (Å²) >= 11 is 0. The number of nitrogens with one attached hydrogen (secondary N) is 1. The van der Waals surface area contributed by atoms with Crippen LogP contribution in [0.3, 0.4) is 0 Å². The minimum atomic E-state index is -4.60. The quantitative estimate of drug-likeness (QED) is 0.319. The van der Waals surface area contributed by atoms with Gasteiger partial charge in [0, 0.05) is 79.3 Å². The van der Waals surface area contributed by atoms with Gasteiger partial charge in [-0.2, -0.15) is 28.6 Å². The number of piperidine rings is 1. The summed E-state index contributed by atoms with van der Waals surface area (Å²) in [6, 6.07) is 10.3. The van der Waals surface area contributed by atoms with Gasteiger partial charge < -0.3 is 10.2 Å². The summed E-state index contributed by atoms with van der Waals surface area (Å²) in [5, 5.41) is 21.1. The highest BCUT2D eigenvalue weighted by Gasteiger charge is 2.55. The molecule has 13 heteroatoms. The highest BCUT2D eigenvalue weighted by molar-refractivity contribution is 5.94. The predicted molar refractivity (Wildman–Crippen MR) is 150 cm³/mol. The third-order valence-electron chi connectivity index (χ3n) is 8.34. The maximum absolute atomic E-state index is 12.9. The number of carbonyl (C=O) groups is 1. The van der Waals surface area contributed by atoms with Gasteiger partial charge in [0.05, 0.1) is 23.5 Å². The molecule has 1 saturated carbocycles. The zero-order valence-electron chi connectivity index (χ0n) is 22.8. The van der Waals surface area contributed by atoms with Gasteiger partial charge in [-0.05, 0) is 48.1 Å². The minimum Gasteiger partial charge on any atom is -0.356 e. The predicted octanol–water partition coefficient (Wildman–Crippen LogP) is 4.19. The molecule has 2 fully saturated rings. The number of carbonyl (C=O) groups excluding carboxylic acids is 1. The van der Waals surface area contributed by atoms with Crippen molar-refractivity contribution in [1.82, 2.24) is 34.7 Å². The number of aryl methyl sites for hydroxylation is 1. The summed E-state index contributed by atoms with van der Waals surface area (Å²) in [5.74, 6) is 1.34. The Balaban J connectivity index is 1.03. The fourth-order valence-electron chi connectivity index (χ4n) is 6.06. The second-order valence-corrected chi connectivity index (χ2v) is 10.9. The van der Waals surface area contributed by atoms with E-state index in [1.54, 1.807) is 27.8 Å². The molecule has 3 atom stereocenters. The van der Waals surface area contributed by atoms with Crippen LogP contribution in [0.15, 0.2) is 67.5 Å². The molecule has 0 bridgehead atoms. The van der Waals surface area contributed by atoms with E-state index in [1.165, 1.54) is 6.07 Å². The highest BCUT2D eigenvalue weighted by atomic mass is 19.4. The number of aromatic nitrogens is 6. The smallest absolute Gasteiger partial charge is 0.356 e. The Morgan fingerprint density at radius 1 is 1.02 bits per heavy atom. The molecule has 1 N–H and O–H groups in total. The van der Waals surface area contributed by atoms with Crippen molar-refractivity contribution in [3.8, 4) is 28.3 Å². The summed E-state index contributed by atoms with van der Waals surface area (Å²) in [7, 11) is 1.85. The van der Waals surface area contributed by atoms with Crippen molar-refractivity contribution in [3.63, 3.8) is 0 Å². The molecule has 1 saturated heterocycles. The molecule has 6 heterocycles. The van der Waals surface area contributed by atoms with E-state index in [0.29, 0.717) is 29.5 Å². The molecule has 43 heavy (non-hydrogen) atoms. The van der Waals surface area contributed by atoms with Crippen molar-refractivity contribution in [3.05, 3.63) is 84.3 Å². The topological polar surface area (TPSA) is 117 Å². The zero-order valence-corrected chi connectivity index (χ0v) is 22.8. The normalized spacial score (nSPS) is 19.3. The maximum Gasteiger partial charge on any atom is 0.433 e. The second kappa shape index (κ2) is 9.94. The van der Waals surface area contributed by atoms with Crippen LogP contribution in [0.1, 0.15) is 21.6 Å². The number of anilines is 1. The molecule has 5 aromatic rings. The number of alkyl halides is 3. The molecule has 0 unspecified atom stereocenters. The Morgan fingerprint density at radius 3 is 2.51 bits per heavy atom. The largest absolute Gasteiger partial charge is 0.433 e. The molecule has 216 valence electrons. The number of nitriles is 1. The van der Waals surface area contributed by atoms with Crippen molar-refractivity contribution in [2.45, 2.75) is 6.18 Å². The van der Waals surface area contributed by atoms with Crippen LogP contribution in [0.5, 0.6) is 0 Å². The van der Waals surface area contributed by atoms with Crippen LogP contribution in [-0.2, 0) is 13.2 Å². The van der Waals surface area contributed by atoms with E-state index in [2.05, 4.69) is 31.5 Å². The summed E-state index contributed by atoms with van der Waals surface area (Å²) in [5.41, 5.74) is 3.57. The Kier molecular flexibility index (Phi) is 6.16. The van der Waals surface area contributed by atoms with Crippen LogP contribution in [0.25, 0.3) is 27.8 Å². The van der Waals surface area contributed by atoms with E-state index >= 15 is 0 Å². The lowest BCUT2D eigenvalue weighted by Crippen LogP contribution is -2.31. The van der Waals surface area contributed by atoms with E-state index in [0.717, 1.165) is 53.4 Å². The first kappa shape index (κ1) is 26.6. The van der Waals surface area contributed by atoms with Gasteiger partial charge in [-0.3, -0.25) is 14.5 Å². The van der Waals surface area contributed by atoms with Crippen molar-refractivity contribution in [2.24, 2.45) is 24.8 Å². The maximum atomic E-state index is 12.9. The van der Waals surface area contributed by atoms with Crippen LogP contribution >= 0.6 is 0 Å². The molecule has 1 amide bonds. The lowest BCUT2D eigenvalue weighted by atomic mass is 10.0. The van der Waals surface area contributed by atoms with Gasteiger partial charge in [-0.25, -0.2) is 9.50 Å². The first-order chi connectivity index (χ1) is 20.7. The fraction of sp³-hybridized carbons (Fsp3) is 0.267. The number of hydrogen-bond donors (Lipinski definition) is 1. The third kappa shape index (κ3) is 4.84. The molecule has 0 spiro atoms. The molecule has 0 radical (unpaired) electrons. The first-order valence-electron chi connectivity index (χ1n) is 13.6. The van der Waals surface area contributed by atoms with Gasteiger partial charge in [0.25, 0.3) is 5.91 Å². The average Bonchev–Trinajstić information content (AvgIpc) is 3.44. The monoisotopic (exact) mass is 583 g/mol. The van der Waals surface area contributed by atoms with Gasteiger partial charge in [0.15, 0.2) is 0 Å². The van der Waals surface area contributed by atoms with Crippen LogP contribution < -0.4 is 10.2 Å². The summed E-state index contributed by atoms with van der Waals surface area (Å²) < 4.78 is 42.2. The average molecular weight is 584 g/mol. The van der Waals surface area contributed by atoms with E-state index < -0.39 is 17.8 Å². The summed E-state index contributed by atoms with van der Waals surface area (Å²) in [6.07, 6.45) is 5.33. The van der Waals surface area contributed by atoms with Gasteiger partial charge in [0.2, 0.25) is 0 Å². The van der Waals surface area contributed by atoms with Crippen LogP contribution in [0, 0.1) is 29.1 Å². The Morgan fingerprint density at radius 2 is 1.84 bits per heavy atom. The lowest BCUT2D eigenvalue weighted by Gasteiger charge is -2.21. The van der Waals surface area contributed by atoms with Gasteiger partial charge >= 0.3 is 6.18 Å². The molecule has 10 nitrogen and oxygen atoms in total. The molecule has 1 aliphatic heterocycles. The zero-order chi connectivity index (χ0) is 29.9. The van der Waals surface area contributed by atoms with Gasteiger partial charge in [-0.1, -0.05) is 0 Å². The number of amides is 1. The van der Waals surface area contributed by atoms with Crippen molar-refractivity contribution < 1.29 is 18.0 Å². The molecular weight excluding hydrogens is 559 g/mol. The van der Waals surface area contributed by atoms with Crippen LogP contribution in [-0.4, -0.2) is 54.9 Å². The molecule has 5 aromatic heterocycles. The van der Waals surface area contributed by atoms with Gasteiger partial charge in [0.1, 0.15) is 17.6 Å². The number of nitrogens with zero attached hydrogens (tertiary/aromatic N) is 8. The molecule has 2 aliphatic rings. The highest BCUT2D eigenvalue weighted by Crippen LogP contribution is 2.52. The number of rotatable bonds is 6. The molecule has 0 aromatic carbocycles. The van der Waals surface area contributed by atoms with Crippen molar-refractivity contribution >= 4 is 17.2 Å². The number of halogens is 3. The van der Waals surface area contributed by atoms with E-state index in [-0.39, 0.29) is 11.5 Å². The minimum absolute atomic E-state index is 0.0554. The number of pyridine rings is 3. The van der Waals surface area contributed by atoms with Crippen molar-refractivity contribution in [1.29, 1.82) is 5.26 Å².